The van der Waals surface area contributed by atoms with Crippen LogP contribution in [0.4, 0.5) is 10.1 Å². The van der Waals surface area contributed by atoms with Gasteiger partial charge in [-0.25, -0.2) is 4.39 Å². The molecule has 2 nitrogen and oxygen atoms in total. The molecule has 2 N–H and O–H groups in total. The van der Waals surface area contributed by atoms with Crippen LogP contribution in [0.25, 0.3) is 16.8 Å². The maximum atomic E-state index is 14.2. The molecule has 1 heterocycles. The fourth-order valence-electron chi connectivity index (χ4n) is 4.26. The lowest BCUT2D eigenvalue weighted by atomic mass is 9.90. The largest absolute Gasteiger partial charge is 0.398 e. The van der Waals surface area contributed by atoms with Crippen molar-refractivity contribution in [2.45, 2.75) is 12.8 Å². The lowest BCUT2D eigenvalue weighted by Crippen LogP contribution is -2.09. The number of aromatic nitrogens is 1. The van der Waals surface area contributed by atoms with Gasteiger partial charge in [-0.1, -0.05) is 45.2 Å². The van der Waals surface area contributed by atoms with Gasteiger partial charge in [0.25, 0.3) is 0 Å². The van der Waals surface area contributed by atoms with Crippen molar-refractivity contribution in [3.8, 4) is 16.8 Å². The van der Waals surface area contributed by atoms with Crippen LogP contribution >= 0.6 is 27.5 Å². The predicted molar refractivity (Wildman–Crippen MR) is 120 cm³/mol. The first-order chi connectivity index (χ1) is 13.9. The summed E-state index contributed by atoms with van der Waals surface area (Å²) in [6.07, 6.45) is 2.05. The average molecular weight is 468 g/mol. The van der Waals surface area contributed by atoms with Crippen molar-refractivity contribution in [1.82, 2.24) is 4.57 Å². The summed E-state index contributed by atoms with van der Waals surface area (Å²) >= 11 is 10.1. The number of hydrogen-bond donors (Lipinski definition) is 1. The van der Waals surface area contributed by atoms with Gasteiger partial charge >= 0.3 is 0 Å². The summed E-state index contributed by atoms with van der Waals surface area (Å²) in [5.41, 5.74) is 14.2. The minimum Gasteiger partial charge on any atom is -0.398 e. The predicted octanol–water partition coefficient (Wildman–Crippen LogP) is 7.08. The lowest BCUT2D eigenvalue weighted by molar-refractivity contribution is 0.624. The van der Waals surface area contributed by atoms with Crippen LogP contribution in [0.2, 0.25) is 5.02 Å². The second-order valence-electron chi connectivity index (χ2n) is 7.38. The normalized spacial score (nSPS) is 14.7. The molecule has 1 aromatic heterocycles. The zero-order valence-corrected chi connectivity index (χ0v) is 17.9. The summed E-state index contributed by atoms with van der Waals surface area (Å²) in [6.45, 7) is 2.06. The van der Waals surface area contributed by atoms with Gasteiger partial charge in [-0.05, 0) is 72.1 Å². The second kappa shape index (κ2) is 6.75. The highest BCUT2D eigenvalue weighted by atomic mass is 79.9. The molecule has 29 heavy (non-hydrogen) atoms. The van der Waals surface area contributed by atoms with Gasteiger partial charge in [-0.2, -0.15) is 0 Å². The van der Waals surface area contributed by atoms with E-state index in [1.165, 1.54) is 17.7 Å². The van der Waals surface area contributed by atoms with Crippen LogP contribution in [-0.4, -0.2) is 4.57 Å². The number of benzene rings is 3. The third kappa shape index (κ3) is 2.90. The highest BCUT2D eigenvalue weighted by molar-refractivity contribution is 9.10. The summed E-state index contributed by atoms with van der Waals surface area (Å²) < 4.78 is 17.3. The molecular formula is C24H17BrClFN2. The van der Waals surface area contributed by atoms with Crippen molar-refractivity contribution in [3.05, 3.63) is 105 Å². The average Bonchev–Trinajstić information content (AvgIpc) is 3.23. The van der Waals surface area contributed by atoms with E-state index in [0.717, 1.165) is 32.5 Å². The number of aryl methyl sites for hydroxylation is 1. The Bertz CT molecular complexity index is 1260. The Morgan fingerprint density at radius 1 is 1.00 bits per heavy atom. The molecule has 0 spiro atoms. The number of anilines is 1. The van der Waals surface area contributed by atoms with Gasteiger partial charge in [0.1, 0.15) is 5.82 Å². The molecule has 0 saturated carbocycles. The maximum Gasteiger partial charge on any atom is 0.123 e. The summed E-state index contributed by atoms with van der Waals surface area (Å²) in [5, 5.41) is 0.522. The van der Waals surface area contributed by atoms with E-state index in [9.17, 15) is 4.39 Å². The van der Waals surface area contributed by atoms with Crippen molar-refractivity contribution in [2.24, 2.45) is 0 Å². The van der Waals surface area contributed by atoms with E-state index in [4.69, 9.17) is 17.3 Å². The van der Waals surface area contributed by atoms with E-state index in [0.29, 0.717) is 16.3 Å². The molecule has 0 fully saturated rings. The van der Waals surface area contributed by atoms with Crippen LogP contribution in [0.15, 0.2) is 71.3 Å². The van der Waals surface area contributed by atoms with Crippen LogP contribution < -0.4 is 5.73 Å². The Balaban J connectivity index is 1.83. The highest BCUT2D eigenvalue weighted by Crippen LogP contribution is 2.53. The summed E-state index contributed by atoms with van der Waals surface area (Å²) in [7, 11) is 0. The Hall–Kier alpha value is -2.56. The minimum atomic E-state index is -0.316. The lowest BCUT2D eigenvalue weighted by Gasteiger charge is -2.20. The molecule has 0 aliphatic heterocycles. The van der Waals surface area contributed by atoms with Crippen LogP contribution in [0.3, 0.4) is 0 Å². The van der Waals surface area contributed by atoms with E-state index < -0.39 is 0 Å². The van der Waals surface area contributed by atoms with Crippen molar-refractivity contribution in [1.29, 1.82) is 0 Å². The number of hydrogen-bond acceptors (Lipinski definition) is 1. The SMILES string of the molecule is Cc1ccc(-n2ccc3c2C(c2cc(F)ccc2Cl)c2c(N)cc(Br)cc2-3)cc1. The Morgan fingerprint density at radius 3 is 2.52 bits per heavy atom. The molecule has 5 rings (SSSR count). The fraction of sp³-hybridized carbons (Fsp3) is 0.0833. The quantitative estimate of drug-likeness (QED) is 0.276. The first-order valence-corrected chi connectivity index (χ1v) is 10.4. The Morgan fingerprint density at radius 2 is 1.76 bits per heavy atom. The molecule has 144 valence electrons. The number of halogens is 3. The topological polar surface area (TPSA) is 30.9 Å². The second-order valence-corrected chi connectivity index (χ2v) is 8.70. The molecule has 5 heteroatoms. The maximum absolute atomic E-state index is 14.2. The standard InChI is InChI=1S/C24H17BrClFN2/c1-13-2-5-16(6-3-13)29-9-8-17-18-10-14(25)11-21(28)22(18)23(24(17)29)19-12-15(27)4-7-20(19)26/h2-12,23H,28H2,1H3. The van der Waals surface area contributed by atoms with E-state index >= 15 is 0 Å². The molecule has 1 aliphatic rings. The van der Waals surface area contributed by atoms with Crippen molar-refractivity contribution < 1.29 is 4.39 Å². The molecule has 0 radical (unpaired) electrons. The molecule has 4 aromatic rings. The van der Waals surface area contributed by atoms with E-state index in [-0.39, 0.29) is 11.7 Å². The van der Waals surface area contributed by atoms with Gasteiger partial charge in [0.2, 0.25) is 0 Å². The molecular weight excluding hydrogens is 451 g/mol. The number of fused-ring (bicyclic) bond motifs is 3. The smallest absolute Gasteiger partial charge is 0.123 e. The molecule has 1 aliphatic carbocycles. The van der Waals surface area contributed by atoms with Gasteiger partial charge < -0.3 is 10.3 Å². The number of nitrogens with two attached hydrogens (primary N) is 1. The van der Waals surface area contributed by atoms with Crippen molar-refractivity contribution in [2.75, 3.05) is 5.73 Å². The zero-order chi connectivity index (χ0) is 20.3. The fourth-order valence-corrected chi connectivity index (χ4v) is 4.96. The van der Waals surface area contributed by atoms with E-state index in [2.05, 4.69) is 70.0 Å². The summed E-state index contributed by atoms with van der Waals surface area (Å²) in [6, 6.07) is 18.9. The van der Waals surface area contributed by atoms with Gasteiger partial charge in [-0.3, -0.25) is 0 Å². The summed E-state index contributed by atoms with van der Waals surface area (Å²) in [5.74, 6) is -0.573. The van der Waals surface area contributed by atoms with Gasteiger partial charge in [0, 0.05) is 38.3 Å². The van der Waals surface area contributed by atoms with Gasteiger partial charge in [0.05, 0.1) is 5.92 Å². The van der Waals surface area contributed by atoms with E-state index in [1.54, 1.807) is 6.07 Å². The third-order valence-corrected chi connectivity index (χ3v) is 6.34. The number of nitrogen functional groups attached to an aromatic ring is 1. The van der Waals surface area contributed by atoms with Crippen LogP contribution in [0.5, 0.6) is 0 Å². The first kappa shape index (κ1) is 18.5. The van der Waals surface area contributed by atoms with Crippen LogP contribution in [0, 0.1) is 12.7 Å². The molecule has 3 aromatic carbocycles. The minimum absolute atomic E-state index is 0.257. The third-order valence-electron chi connectivity index (χ3n) is 5.54. The molecule has 0 saturated heterocycles. The summed E-state index contributed by atoms with van der Waals surface area (Å²) in [4.78, 5) is 0. The van der Waals surface area contributed by atoms with Crippen LogP contribution in [-0.2, 0) is 0 Å². The first-order valence-electron chi connectivity index (χ1n) is 9.26. The zero-order valence-electron chi connectivity index (χ0n) is 15.6. The van der Waals surface area contributed by atoms with Crippen molar-refractivity contribution >= 4 is 33.2 Å². The van der Waals surface area contributed by atoms with Gasteiger partial charge in [0.15, 0.2) is 0 Å². The molecule has 0 amide bonds. The Kier molecular flexibility index (Phi) is 4.30. The van der Waals surface area contributed by atoms with Crippen molar-refractivity contribution in [3.63, 3.8) is 0 Å². The monoisotopic (exact) mass is 466 g/mol. The molecule has 0 bridgehead atoms. The number of rotatable bonds is 2. The van der Waals surface area contributed by atoms with Crippen LogP contribution in [0.1, 0.15) is 28.3 Å². The molecule has 1 unspecified atom stereocenters. The van der Waals surface area contributed by atoms with Gasteiger partial charge in [-0.15, -0.1) is 0 Å². The molecule has 1 atom stereocenters. The highest BCUT2D eigenvalue weighted by Gasteiger charge is 2.36. The van der Waals surface area contributed by atoms with E-state index in [1.807, 2.05) is 6.07 Å². The number of nitrogens with zero attached hydrogens (tertiary/aromatic N) is 1. The Labute approximate surface area is 181 Å².